The van der Waals surface area contributed by atoms with E-state index in [1.165, 1.54) is 5.56 Å². The maximum Gasteiger partial charge on any atom is 0.259 e. The number of ether oxygens (including phenoxy) is 1. The van der Waals surface area contributed by atoms with Gasteiger partial charge in [0.1, 0.15) is 5.75 Å². The van der Waals surface area contributed by atoms with E-state index in [1.807, 2.05) is 35.2 Å². The van der Waals surface area contributed by atoms with Crippen LogP contribution in [-0.4, -0.2) is 13.0 Å². The van der Waals surface area contributed by atoms with E-state index in [9.17, 15) is 4.79 Å². The minimum Gasteiger partial charge on any atom is -0.497 e. The van der Waals surface area contributed by atoms with Crippen molar-refractivity contribution >= 4 is 11.6 Å². The molecule has 112 valence electrons. The summed E-state index contributed by atoms with van der Waals surface area (Å²) in [6.07, 6.45) is 0.927. The first-order valence-corrected chi connectivity index (χ1v) is 7.64. The molecule has 0 fully saturated rings. The van der Waals surface area contributed by atoms with E-state index < -0.39 is 0 Å². The first-order valence-electron chi connectivity index (χ1n) is 7.64. The maximum atomic E-state index is 12.9. The van der Waals surface area contributed by atoms with Gasteiger partial charge in [-0.25, -0.2) is 0 Å². The van der Waals surface area contributed by atoms with Gasteiger partial charge in [-0.1, -0.05) is 32.0 Å². The molecule has 0 aromatic heterocycles. The Balaban J connectivity index is 1.94. The van der Waals surface area contributed by atoms with E-state index >= 15 is 0 Å². The van der Waals surface area contributed by atoms with Crippen molar-refractivity contribution in [2.75, 3.05) is 12.0 Å². The van der Waals surface area contributed by atoms with E-state index in [4.69, 9.17) is 4.74 Å². The van der Waals surface area contributed by atoms with E-state index in [1.54, 1.807) is 7.11 Å². The van der Waals surface area contributed by atoms with Gasteiger partial charge in [-0.15, -0.1) is 0 Å². The first kappa shape index (κ1) is 13.4. The minimum atomic E-state index is 0.00275. The number of carbonyl (C=O) groups is 1. The summed E-state index contributed by atoms with van der Waals surface area (Å²) < 4.78 is 5.37. The average molecular weight is 293 g/mol. The smallest absolute Gasteiger partial charge is 0.259 e. The van der Waals surface area contributed by atoms with Crippen LogP contribution in [0.15, 0.2) is 42.5 Å². The molecule has 22 heavy (non-hydrogen) atoms. The van der Waals surface area contributed by atoms with Gasteiger partial charge in [0.15, 0.2) is 0 Å². The van der Waals surface area contributed by atoms with Gasteiger partial charge in [-0.05, 0) is 47.2 Å². The molecule has 0 aliphatic carbocycles. The second-order valence-corrected chi connectivity index (χ2v) is 6.75. The molecule has 1 unspecified atom stereocenters. The summed E-state index contributed by atoms with van der Waals surface area (Å²) in [6, 6.07) is 14.1. The topological polar surface area (TPSA) is 29.5 Å². The predicted octanol–water partition coefficient (Wildman–Crippen LogP) is 4.08. The van der Waals surface area contributed by atoms with Crippen LogP contribution in [0.2, 0.25) is 0 Å². The van der Waals surface area contributed by atoms with Gasteiger partial charge in [-0.3, -0.25) is 4.79 Å². The van der Waals surface area contributed by atoms with Crippen LogP contribution in [0.1, 0.15) is 47.8 Å². The van der Waals surface area contributed by atoms with E-state index in [-0.39, 0.29) is 17.4 Å². The lowest BCUT2D eigenvalue weighted by molar-refractivity contribution is 0.0985. The molecule has 0 spiro atoms. The summed E-state index contributed by atoms with van der Waals surface area (Å²) in [5, 5.41) is 0. The number of benzene rings is 2. The molecule has 2 aromatic rings. The number of anilines is 1. The molecule has 0 bridgehead atoms. The molecule has 2 aliphatic rings. The summed E-state index contributed by atoms with van der Waals surface area (Å²) in [4.78, 5) is 14.8. The van der Waals surface area contributed by atoms with E-state index in [0.29, 0.717) is 0 Å². The molecule has 2 aliphatic heterocycles. The number of hydrogen-bond donors (Lipinski definition) is 0. The molecule has 0 saturated carbocycles. The molecule has 4 rings (SSSR count). The highest BCUT2D eigenvalue weighted by Gasteiger charge is 2.46. The maximum absolute atomic E-state index is 12.9. The highest BCUT2D eigenvalue weighted by molar-refractivity contribution is 6.12. The summed E-state index contributed by atoms with van der Waals surface area (Å²) in [6.45, 7) is 4.49. The van der Waals surface area contributed by atoms with Crippen LogP contribution in [-0.2, 0) is 5.41 Å². The van der Waals surface area contributed by atoms with Gasteiger partial charge in [0, 0.05) is 11.3 Å². The summed E-state index contributed by atoms with van der Waals surface area (Å²) >= 11 is 0. The average Bonchev–Trinajstić information content (AvgIpc) is 2.80. The van der Waals surface area contributed by atoms with Gasteiger partial charge in [-0.2, -0.15) is 0 Å². The Morgan fingerprint density at radius 2 is 1.95 bits per heavy atom. The lowest BCUT2D eigenvalue weighted by atomic mass is 9.74. The molecule has 3 nitrogen and oxygen atoms in total. The van der Waals surface area contributed by atoms with Crippen LogP contribution >= 0.6 is 0 Å². The third kappa shape index (κ3) is 1.65. The predicted molar refractivity (Wildman–Crippen MR) is 86.6 cm³/mol. The van der Waals surface area contributed by atoms with Crippen molar-refractivity contribution in [1.82, 2.24) is 0 Å². The SMILES string of the molecule is COc1ccc2c(c1)C(C)(C)CC1c3ccccc3C(=O)N21. The number of rotatable bonds is 1. The van der Waals surface area contributed by atoms with Crippen molar-refractivity contribution in [3.8, 4) is 5.75 Å². The fourth-order valence-electron chi connectivity index (χ4n) is 3.86. The Morgan fingerprint density at radius 3 is 2.73 bits per heavy atom. The number of methoxy groups -OCH3 is 1. The number of carbonyl (C=O) groups excluding carboxylic acids is 1. The molecule has 1 atom stereocenters. The van der Waals surface area contributed by atoms with Crippen molar-refractivity contribution < 1.29 is 9.53 Å². The van der Waals surface area contributed by atoms with Crippen LogP contribution < -0.4 is 9.64 Å². The molecule has 0 N–H and O–H groups in total. The second kappa shape index (κ2) is 4.35. The Labute approximate surface area is 130 Å². The number of amides is 1. The van der Waals surface area contributed by atoms with Crippen molar-refractivity contribution in [2.24, 2.45) is 0 Å². The van der Waals surface area contributed by atoms with E-state index in [0.717, 1.165) is 29.0 Å². The fraction of sp³-hybridized carbons (Fsp3) is 0.316. The molecular weight excluding hydrogens is 274 g/mol. The lowest BCUT2D eigenvalue weighted by Gasteiger charge is -2.42. The van der Waals surface area contributed by atoms with Crippen LogP contribution in [0.3, 0.4) is 0 Å². The van der Waals surface area contributed by atoms with Gasteiger partial charge < -0.3 is 9.64 Å². The van der Waals surface area contributed by atoms with Crippen LogP contribution in [0.4, 0.5) is 5.69 Å². The van der Waals surface area contributed by atoms with Crippen molar-refractivity contribution in [2.45, 2.75) is 31.7 Å². The Bertz CT molecular complexity index is 779. The first-order chi connectivity index (χ1) is 10.5. The molecule has 0 saturated heterocycles. The number of nitrogens with zero attached hydrogens (tertiary/aromatic N) is 1. The third-order valence-corrected chi connectivity index (χ3v) is 4.98. The van der Waals surface area contributed by atoms with Gasteiger partial charge in [0.2, 0.25) is 0 Å². The minimum absolute atomic E-state index is 0.00275. The lowest BCUT2D eigenvalue weighted by Crippen LogP contribution is -2.39. The Hall–Kier alpha value is -2.29. The van der Waals surface area contributed by atoms with Crippen LogP contribution in [0.25, 0.3) is 0 Å². The third-order valence-electron chi connectivity index (χ3n) is 4.98. The van der Waals surface area contributed by atoms with Crippen molar-refractivity contribution in [3.63, 3.8) is 0 Å². The standard InChI is InChI=1S/C19H19NO2/c1-19(2)11-17-13-6-4-5-7-14(13)18(21)20(17)16-9-8-12(22-3)10-15(16)19/h4-10,17H,11H2,1-3H3. The molecular formula is C19H19NO2. The highest BCUT2D eigenvalue weighted by Crippen LogP contribution is 2.52. The zero-order valence-corrected chi connectivity index (χ0v) is 13.1. The number of hydrogen-bond acceptors (Lipinski definition) is 2. The highest BCUT2D eigenvalue weighted by atomic mass is 16.5. The molecule has 1 amide bonds. The molecule has 3 heteroatoms. The summed E-state index contributed by atoms with van der Waals surface area (Å²) in [7, 11) is 1.68. The largest absolute Gasteiger partial charge is 0.497 e. The molecule has 2 aromatic carbocycles. The fourth-order valence-corrected chi connectivity index (χ4v) is 3.86. The normalized spacial score (nSPS) is 21.1. The number of fused-ring (bicyclic) bond motifs is 5. The van der Waals surface area contributed by atoms with Gasteiger partial charge in [0.05, 0.1) is 13.2 Å². The van der Waals surface area contributed by atoms with Gasteiger partial charge >= 0.3 is 0 Å². The zero-order valence-electron chi connectivity index (χ0n) is 13.1. The summed E-state index contributed by atoms with van der Waals surface area (Å²) in [5.74, 6) is 0.956. The molecule has 2 heterocycles. The molecule has 0 radical (unpaired) electrons. The van der Waals surface area contributed by atoms with Crippen LogP contribution in [0, 0.1) is 0 Å². The van der Waals surface area contributed by atoms with Crippen molar-refractivity contribution in [1.29, 1.82) is 0 Å². The Morgan fingerprint density at radius 1 is 1.18 bits per heavy atom. The summed E-state index contributed by atoms with van der Waals surface area (Å²) in [5.41, 5.74) is 4.20. The van der Waals surface area contributed by atoms with Crippen molar-refractivity contribution in [3.05, 3.63) is 59.2 Å². The van der Waals surface area contributed by atoms with E-state index in [2.05, 4.69) is 26.0 Å². The van der Waals surface area contributed by atoms with Gasteiger partial charge in [0.25, 0.3) is 5.91 Å². The second-order valence-electron chi connectivity index (χ2n) is 6.75. The monoisotopic (exact) mass is 293 g/mol. The zero-order chi connectivity index (χ0) is 15.5. The van der Waals surface area contributed by atoms with Crippen LogP contribution in [0.5, 0.6) is 5.75 Å². The Kier molecular flexibility index (Phi) is 2.65. The quantitative estimate of drug-likeness (QED) is 0.793.